The molecule has 0 N–H and O–H groups in total. The normalized spacial score (nSPS) is 11.3. The number of nitriles is 1. The molecule has 9 heteroatoms. The molecule has 26 heavy (non-hydrogen) atoms. The summed E-state index contributed by atoms with van der Waals surface area (Å²) in [6.45, 7) is 0. The Morgan fingerprint density at radius 2 is 1.88 bits per heavy atom. The van der Waals surface area contributed by atoms with Gasteiger partial charge in [-0.2, -0.15) is 5.26 Å². The van der Waals surface area contributed by atoms with Crippen molar-refractivity contribution in [3.8, 4) is 23.0 Å². The Labute approximate surface area is 151 Å². The average molecular weight is 392 g/mol. The number of aromatic nitrogens is 1. The van der Waals surface area contributed by atoms with Crippen LogP contribution in [0.15, 0.2) is 51.5 Å². The van der Waals surface area contributed by atoms with E-state index in [9.17, 15) is 22.0 Å². The van der Waals surface area contributed by atoms with E-state index < -0.39 is 31.2 Å². The highest BCUT2D eigenvalue weighted by Gasteiger charge is 2.21. The number of thiazole rings is 1. The van der Waals surface area contributed by atoms with Gasteiger partial charge in [0.1, 0.15) is 16.5 Å². The third-order valence-corrected chi connectivity index (χ3v) is 5.46. The molecule has 132 valence electrons. The van der Waals surface area contributed by atoms with Gasteiger partial charge in [0, 0.05) is 17.2 Å². The van der Waals surface area contributed by atoms with Crippen LogP contribution < -0.4 is 4.87 Å². The topological polar surface area (TPSA) is 79.9 Å². The van der Waals surface area contributed by atoms with E-state index in [1.807, 2.05) is 6.07 Å². The summed E-state index contributed by atoms with van der Waals surface area (Å²) in [7, 11) is -3.94. The minimum atomic E-state index is -3.94. The average Bonchev–Trinajstić information content (AvgIpc) is 2.97. The Morgan fingerprint density at radius 1 is 1.15 bits per heavy atom. The van der Waals surface area contributed by atoms with Crippen LogP contribution in [-0.4, -0.2) is 19.2 Å². The van der Waals surface area contributed by atoms with Crippen molar-refractivity contribution >= 4 is 21.2 Å². The van der Waals surface area contributed by atoms with Crippen LogP contribution in [0.3, 0.4) is 0 Å². The first kappa shape index (κ1) is 18.0. The van der Waals surface area contributed by atoms with Crippen molar-refractivity contribution in [3.63, 3.8) is 0 Å². The van der Waals surface area contributed by atoms with Gasteiger partial charge < -0.3 is 0 Å². The van der Waals surface area contributed by atoms with Crippen LogP contribution in [0.4, 0.5) is 8.78 Å². The first-order valence-corrected chi connectivity index (χ1v) is 9.90. The van der Waals surface area contributed by atoms with Crippen molar-refractivity contribution in [3.05, 3.63) is 68.6 Å². The lowest BCUT2D eigenvalue weighted by molar-refractivity contribution is 0.557. The van der Waals surface area contributed by atoms with Crippen molar-refractivity contribution < 1.29 is 17.2 Å². The lowest BCUT2D eigenvalue weighted by Gasteiger charge is -2.10. The summed E-state index contributed by atoms with van der Waals surface area (Å²) in [6.07, 6.45) is 0.776. The molecule has 0 amide bonds. The SMILES string of the molecule is CS(=O)(=O)c1cc(F)c(-c2csc(=O)n2-c2cccc(C#N)c2)cc1F. The van der Waals surface area contributed by atoms with E-state index in [4.69, 9.17) is 5.26 Å². The second-order valence-electron chi connectivity index (χ2n) is 5.42. The molecule has 0 aliphatic rings. The Balaban J connectivity index is 2.26. The Bertz CT molecular complexity index is 1220. The van der Waals surface area contributed by atoms with Crippen LogP contribution in [0.2, 0.25) is 0 Å². The predicted octanol–water partition coefficient (Wildman–Crippen LogP) is 3.12. The minimum Gasteiger partial charge on any atom is -0.267 e. The molecule has 3 rings (SSSR count). The third kappa shape index (κ3) is 3.16. The Hall–Kier alpha value is -2.83. The van der Waals surface area contributed by atoms with Crippen molar-refractivity contribution in [1.82, 2.24) is 4.57 Å². The van der Waals surface area contributed by atoms with E-state index in [0.717, 1.165) is 28.2 Å². The monoisotopic (exact) mass is 392 g/mol. The first-order chi connectivity index (χ1) is 12.2. The maximum Gasteiger partial charge on any atom is 0.312 e. The zero-order chi connectivity index (χ0) is 19.1. The molecular weight excluding hydrogens is 382 g/mol. The van der Waals surface area contributed by atoms with Gasteiger partial charge in [0.15, 0.2) is 9.84 Å². The van der Waals surface area contributed by atoms with E-state index >= 15 is 0 Å². The van der Waals surface area contributed by atoms with E-state index in [0.29, 0.717) is 17.3 Å². The lowest BCUT2D eigenvalue weighted by atomic mass is 10.1. The number of nitrogens with zero attached hydrogens (tertiary/aromatic N) is 2. The van der Waals surface area contributed by atoms with Gasteiger partial charge in [-0.3, -0.25) is 9.36 Å². The van der Waals surface area contributed by atoms with Gasteiger partial charge in [0.05, 0.1) is 23.0 Å². The Kier molecular flexibility index (Phi) is 4.48. The molecule has 0 fully saturated rings. The van der Waals surface area contributed by atoms with Crippen molar-refractivity contribution in [2.24, 2.45) is 0 Å². The van der Waals surface area contributed by atoms with E-state index in [1.54, 1.807) is 18.2 Å². The molecule has 1 heterocycles. The minimum absolute atomic E-state index is 0.0616. The first-order valence-electron chi connectivity index (χ1n) is 7.13. The number of hydrogen-bond donors (Lipinski definition) is 0. The lowest BCUT2D eigenvalue weighted by Crippen LogP contribution is -2.13. The predicted molar refractivity (Wildman–Crippen MR) is 93.1 cm³/mol. The molecule has 0 saturated heterocycles. The van der Waals surface area contributed by atoms with Crippen LogP contribution in [0.25, 0.3) is 16.9 Å². The van der Waals surface area contributed by atoms with E-state index in [1.165, 1.54) is 11.4 Å². The van der Waals surface area contributed by atoms with Crippen LogP contribution in [0.1, 0.15) is 5.56 Å². The summed E-state index contributed by atoms with van der Waals surface area (Å²) in [6, 6.07) is 9.38. The number of hydrogen-bond acceptors (Lipinski definition) is 5. The quantitative estimate of drug-likeness (QED) is 0.686. The van der Waals surface area contributed by atoms with Crippen LogP contribution in [-0.2, 0) is 9.84 Å². The molecule has 0 saturated carbocycles. The molecule has 3 aromatic rings. The highest BCUT2D eigenvalue weighted by molar-refractivity contribution is 7.90. The molecule has 0 aliphatic heterocycles. The van der Waals surface area contributed by atoms with E-state index in [-0.39, 0.29) is 11.3 Å². The van der Waals surface area contributed by atoms with Gasteiger partial charge in [0.25, 0.3) is 0 Å². The summed E-state index contributed by atoms with van der Waals surface area (Å²) in [5.74, 6) is -2.09. The highest BCUT2D eigenvalue weighted by atomic mass is 32.2. The highest BCUT2D eigenvalue weighted by Crippen LogP contribution is 2.29. The zero-order valence-corrected chi connectivity index (χ0v) is 14.9. The number of benzene rings is 2. The van der Waals surface area contributed by atoms with Gasteiger partial charge in [-0.25, -0.2) is 17.2 Å². The molecule has 2 aromatic carbocycles. The van der Waals surface area contributed by atoms with Gasteiger partial charge in [-0.1, -0.05) is 17.4 Å². The third-order valence-electron chi connectivity index (χ3n) is 3.63. The van der Waals surface area contributed by atoms with Crippen molar-refractivity contribution in [2.45, 2.75) is 4.90 Å². The summed E-state index contributed by atoms with van der Waals surface area (Å²) in [5.41, 5.74) is 0.421. The second-order valence-corrected chi connectivity index (χ2v) is 8.22. The summed E-state index contributed by atoms with van der Waals surface area (Å²) in [5, 5.41) is 10.3. The smallest absolute Gasteiger partial charge is 0.267 e. The molecule has 0 bridgehead atoms. The van der Waals surface area contributed by atoms with Gasteiger partial charge >= 0.3 is 4.87 Å². The van der Waals surface area contributed by atoms with E-state index in [2.05, 4.69) is 0 Å². The zero-order valence-electron chi connectivity index (χ0n) is 13.2. The van der Waals surface area contributed by atoms with Gasteiger partial charge in [0.2, 0.25) is 0 Å². The second kappa shape index (κ2) is 6.48. The molecular formula is C17H10F2N2O3S2. The van der Waals surface area contributed by atoms with Crippen LogP contribution >= 0.6 is 11.3 Å². The van der Waals surface area contributed by atoms with Gasteiger partial charge in [-0.15, -0.1) is 0 Å². The fourth-order valence-corrected chi connectivity index (χ4v) is 3.95. The number of rotatable bonds is 3. The van der Waals surface area contributed by atoms with Crippen molar-refractivity contribution in [1.29, 1.82) is 5.26 Å². The largest absolute Gasteiger partial charge is 0.312 e. The fourth-order valence-electron chi connectivity index (χ4n) is 2.46. The van der Waals surface area contributed by atoms with Crippen LogP contribution in [0, 0.1) is 23.0 Å². The number of sulfone groups is 1. The molecule has 0 radical (unpaired) electrons. The summed E-state index contributed by atoms with van der Waals surface area (Å²) < 4.78 is 52.9. The molecule has 0 spiro atoms. The summed E-state index contributed by atoms with van der Waals surface area (Å²) in [4.78, 5) is 11.0. The maximum atomic E-state index is 14.5. The molecule has 0 atom stereocenters. The van der Waals surface area contributed by atoms with Gasteiger partial charge in [-0.05, 0) is 30.3 Å². The molecule has 0 aliphatic carbocycles. The standard InChI is InChI=1S/C17H10F2N2O3S2/c1-26(23,24)16-7-13(18)12(6-14(16)19)15-9-25-17(22)21(15)11-4-2-3-10(5-11)8-20/h2-7,9H,1H3. The molecule has 5 nitrogen and oxygen atoms in total. The maximum absolute atomic E-state index is 14.5. The molecule has 0 unspecified atom stereocenters. The molecule has 1 aromatic heterocycles. The fraction of sp³-hybridized carbons (Fsp3) is 0.0588. The summed E-state index contributed by atoms with van der Waals surface area (Å²) >= 11 is 0.776. The number of halogens is 2. The Morgan fingerprint density at radius 3 is 2.54 bits per heavy atom. The van der Waals surface area contributed by atoms with Crippen LogP contribution in [0.5, 0.6) is 0 Å². The van der Waals surface area contributed by atoms with Crippen molar-refractivity contribution in [2.75, 3.05) is 6.26 Å².